The number of anilines is 2. The topological polar surface area (TPSA) is 134 Å². The number of aliphatic hydroxyl groups excluding tert-OH is 1. The molecular formula is C24H25F2N5O3. The Balaban J connectivity index is 1.61. The van der Waals surface area contributed by atoms with E-state index in [4.69, 9.17) is 5.73 Å². The van der Waals surface area contributed by atoms with Crippen LogP contribution in [0.4, 0.5) is 20.2 Å². The Morgan fingerprint density at radius 3 is 2.76 bits per heavy atom. The minimum atomic E-state index is -1.80. The smallest absolute Gasteiger partial charge is 0.276 e. The second-order valence-corrected chi connectivity index (χ2v) is 8.60. The predicted molar refractivity (Wildman–Crippen MR) is 122 cm³/mol. The first kappa shape index (κ1) is 23.7. The molecule has 5 N–H and O–H groups in total. The van der Waals surface area contributed by atoms with Gasteiger partial charge in [-0.25, -0.2) is 13.8 Å². The van der Waals surface area contributed by atoms with Gasteiger partial charge in [-0.15, -0.1) is 0 Å². The van der Waals surface area contributed by atoms with Gasteiger partial charge in [0.05, 0.1) is 29.4 Å². The van der Waals surface area contributed by atoms with Crippen LogP contribution in [0.15, 0.2) is 48.9 Å². The molecule has 4 atom stereocenters. The number of aromatic nitrogens is 3. The van der Waals surface area contributed by atoms with Crippen LogP contribution in [0.1, 0.15) is 41.7 Å². The lowest BCUT2D eigenvalue weighted by molar-refractivity contribution is -0.146. The molecule has 0 radical (unpaired) electrons. The van der Waals surface area contributed by atoms with Gasteiger partial charge < -0.3 is 21.3 Å². The van der Waals surface area contributed by atoms with Gasteiger partial charge in [0.2, 0.25) is 0 Å². The highest BCUT2D eigenvalue weighted by Crippen LogP contribution is 2.44. The quantitative estimate of drug-likeness (QED) is 0.451. The Morgan fingerprint density at radius 1 is 1.26 bits per heavy atom. The van der Waals surface area contributed by atoms with Crippen molar-refractivity contribution in [3.05, 3.63) is 66.0 Å². The van der Waals surface area contributed by atoms with Crippen LogP contribution in [0.2, 0.25) is 0 Å². The van der Waals surface area contributed by atoms with Crippen LogP contribution in [0.5, 0.6) is 0 Å². The number of hydrogen-bond acceptors (Lipinski definition) is 7. The van der Waals surface area contributed by atoms with Crippen molar-refractivity contribution in [2.75, 3.05) is 17.7 Å². The van der Waals surface area contributed by atoms with Crippen molar-refractivity contribution in [1.29, 1.82) is 0 Å². The summed E-state index contributed by atoms with van der Waals surface area (Å²) in [5.74, 6) is -1.98. The number of nitrogens with two attached hydrogens (primary N) is 1. The highest BCUT2D eigenvalue weighted by molar-refractivity contribution is 6.06. The molecule has 1 aliphatic carbocycles. The first-order valence-electron chi connectivity index (χ1n) is 10.8. The van der Waals surface area contributed by atoms with Gasteiger partial charge >= 0.3 is 0 Å². The molecule has 34 heavy (non-hydrogen) atoms. The number of aliphatic hydroxyl groups is 2. The molecule has 3 aromatic rings. The highest BCUT2D eigenvalue weighted by Gasteiger charge is 2.47. The molecule has 10 heteroatoms. The van der Waals surface area contributed by atoms with E-state index in [2.05, 4.69) is 20.3 Å². The summed E-state index contributed by atoms with van der Waals surface area (Å²) in [5, 5.41) is 23.6. The zero-order chi connectivity index (χ0) is 24.5. The van der Waals surface area contributed by atoms with E-state index in [0.717, 1.165) is 0 Å². The van der Waals surface area contributed by atoms with Gasteiger partial charge in [-0.1, -0.05) is 6.92 Å². The zero-order valence-electron chi connectivity index (χ0n) is 18.4. The largest absolute Gasteiger partial charge is 0.397 e. The van der Waals surface area contributed by atoms with E-state index in [0.29, 0.717) is 17.7 Å². The summed E-state index contributed by atoms with van der Waals surface area (Å²) in [6, 6.07) is 7.32. The summed E-state index contributed by atoms with van der Waals surface area (Å²) < 4.78 is 27.6. The van der Waals surface area contributed by atoms with Crippen LogP contribution in [0.25, 0.3) is 11.4 Å². The number of alkyl halides is 1. The van der Waals surface area contributed by atoms with Crippen LogP contribution in [0, 0.1) is 11.7 Å². The van der Waals surface area contributed by atoms with E-state index >= 15 is 0 Å². The second-order valence-electron chi connectivity index (χ2n) is 8.60. The number of hydrogen-bond donors (Lipinski definition) is 4. The summed E-state index contributed by atoms with van der Waals surface area (Å²) in [5.41, 5.74) is 5.36. The molecule has 0 spiro atoms. The van der Waals surface area contributed by atoms with E-state index < -0.39 is 36.0 Å². The van der Waals surface area contributed by atoms with E-state index in [-0.39, 0.29) is 35.1 Å². The molecule has 1 saturated carbocycles. The molecule has 0 aliphatic heterocycles. The Hall–Kier alpha value is -3.50. The van der Waals surface area contributed by atoms with Gasteiger partial charge in [-0.05, 0) is 60.6 Å². The molecule has 1 fully saturated rings. The monoisotopic (exact) mass is 469 g/mol. The summed E-state index contributed by atoms with van der Waals surface area (Å²) in [4.78, 5) is 25.4. The van der Waals surface area contributed by atoms with E-state index in [1.54, 1.807) is 19.2 Å². The third kappa shape index (κ3) is 4.34. The molecule has 0 saturated heterocycles. The van der Waals surface area contributed by atoms with Crippen molar-refractivity contribution in [3.63, 3.8) is 0 Å². The van der Waals surface area contributed by atoms with E-state index in [9.17, 15) is 23.8 Å². The fraction of sp³-hybridized carbons (Fsp3) is 0.333. The summed E-state index contributed by atoms with van der Waals surface area (Å²) in [7, 11) is 0. The van der Waals surface area contributed by atoms with Gasteiger partial charge in [0.25, 0.3) is 5.91 Å². The Labute approximate surface area is 194 Å². The fourth-order valence-electron chi connectivity index (χ4n) is 4.41. The second kappa shape index (κ2) is 9.40. The van der Waals surface area contributed by atoms with Gasteiger partial charge in [-0.3, -0.25) is 14.8 Å². The van der Waals surface area contributed by atoms with Crippen molar-refractivity contribution in [2.24, 2.45) is 5.92 Å². The van der Waals surface area contributed by atoms with Gasteiger partial charge in [0, 0.05) is 12.4 Å². The molecule has 4 rings (SSSR count). The Bertz CT molecular complexity index is 1200. The highest BCUT2D eigenvalue weighted by atomic mass is 19.1. The Kier molecular flexibility index (Phi) is 6.54. The zero-order valence-corrected chi connectivity index (χ0v) is 18.4. The van der Waals surface area contributed by atoms with Crippen LogP contribution in [-0.2, 0) is 0 Å². The van der Waals surface area contributed by atoms with Crippen molar-refractivity contribution in [2.45, 2.75) is 37.4 Å². The van der Waals surface area contributed by atoms with Crippen molar-refractivity contribution in [1.82, 2.24) is 15.0 Å². The summed E-state index contributed by atoms with van der Waals surface area (Å²) in [6.45, 7) is 0.640. The minimum absolute atomic E-state index is 0.0100. The third-order valence-electron chi connectivity index (χ3n) is 6.48. The Morgan fingerprint density at radius 2 is 2.06 bits per heavy atom. The maximum Gasteiger partial charge on any atom is 0.276 e. The summed E-state index contributed by atoms with van der Waals surface area (Å²) in [6.07, 6.45) is 3.69. The van der Waals surface area contributed by atoms with Crippen molar-refractivity contribution >= 4 is 17.3 Å². The van der Waals surface area contributed by atoms with Crippen LogP contribution in [-0.4, -0.2) is 49.5 Å². The number of nitrogens with zero attached hydrogens (tertiary/aromatic N) is 3. The fourth-order valence-corrected chi connectivity index (χ4v) is 4.41. The molecule has 8 nitrogen and oxygen atoms in total. The third-order valence-corrected chi connectivity index (χ3v) is 6.48. The molecular weight excluding hydrogens is 444 g/mol. The number of rotatable bonds is 5. The number of carbonyl (C=O) groups is 1. The minimum Gasteiger partial charge on any atom is -0.397 e. The average Bonchev–Trinajstić information content (AvgIpc) is 2.83. The molecule has 0 aromatic carbocycles. The van der Waals surface area contributed by atoms with Crippen LogP contribution in [0.3, 0.4) is 0 Å². The first-order chi connectivity index (χ1) is 16.2. The molecule has 3 aromatic heterocycles. The first-order valence-corrected chi connectivity index (χ1v) is 10.8. The number of nitrogen functional groups attached to an aromatic ring is 1. The lowest BCUT2D eigenvalue weighted by atomic mass is 9.68. The van der Waals surface area contributed by atoms with Crippen LogP contribution >= 0.6 is 0 Å². The van der Waals surface area contributed by atoms with E-state index in [1.807, 2.05) is 0 Å². The van der Waals surface area contributed by atoms with Crippen molar-refractivity contribution in [3.8, 4) is 11.4 Å². The number of amides is 1. The van der Waals surface area contributed by atoms with E-state index in [1.165, 1.54) is 36.7 Å². The molecule has 0 bridgehead atoms. The van der Waals surface area contributed by atoms with Crippen LogP contribution < -0.4 is 11.1 Å². The lowest BCUT2D eigenvalue weighted by Crippen LogP contribution is -2.53. The lowest BCUT2D eigenvalue weighted by Gasteiger charge is -2.43. The molecule has 1 aliphatic rings. The maximum absolute atomic E-state index is 14.2. The predicted octanol–water partition coefficient (Wildman–Crippen LogP) is 3.09. The molecule has 3 heterocycles. The standard InChI is InChI=1S/C24H25F2N5O3/c1-13-9-14(10-20(32)24(13,34)12-25)15-6-8-28-11-19(15)31-23(33)22-17(27)4-5-18(30-22)21-16(26)3-2-7-29-21/h2-8,11,13-14,20,32,34H,9-10,12,27H2,1H3,(H,31,33)/t13-,14-,20+,24+/m1/s1. The number of halogens is 2. The van der Waals surface area contributed by atoms with Gasteiger partial charge in [0.1, 0.15) is 18.0 Å². The SMILES string of the molecule is C[C@@H]1C[C@@H](c2ccncc2NC(=O)c2nc(-c3ncccc3F)ccc2N)C[C@H](O)[C@]1(O)CF. The van der Waals surface area contributed by atoms with Crippen molar-refractivity contribution < 1.29 is 23.8 Å². The normalized spacial score (nSPS) is 24.6. The van der Waals surface area contributed by atoms with Gasteiger partial charge in [0.15, 0.2) is 11.5 Å². The average molecular weight is 469 g/mol. The maximum atomic E-state index is 14.2. The molecule has 178 valence electrons. The summed E-state index contributed by atoms with van der Waals surface area (Å²) >= 11 is 0. The molecule has 0 unspecified atom stereocenters. The number of nitrogens with one attached hydrogen (secondary N) is 1. The molecule has 1 amide bonds. The number of carbonyl (C=O) groups excluding carboxylic acids is 1. The number of pyridine rings is 3. The van der Waals surface area contributed by atoms with Gasteiger partial charge in [-0.2, -0.15) is 0 Å².